The lowest BCUT2D eigenvalue weighted by Gasteiger charge is -2.40. The van der Waals surface area contributed by atoms with Crippen molar-refractivity contribution < 1.29 is 58.2 Å². The third-order valence-electron chi connectivity index (χ3n) is 12.7. The van der Waals surface area contributed by atoms with E-state index in [2.05, 4.69) is 136 Å². The summed E-state index contributed by atoms with van der Waals surface area (Å²) in [6.07, 6.45) is 62.9. The topological polar surface area (TPSA) is 175 Å². The fraction of sp³-hybridized carbons (Fsp3) is 0.612. The molecule has 6 atom stereocenters. The van der Waals surface area contributed by atoms with Crippen LogP contribution in [-0.4, -0.2) is 89.2 Å². The van der Waals surface area contributed by atoms with Gasteiger partial charge in [0.2, 0.25) is 0 Å². The summed E-state index contributed by atoms with van der Waals surface area (Å²) in [4.78, 5) is 51.1. The molecule has 6 unspecified atom stereocenters. The SMILES string of the molecule is CC/C=C\C/C=C\C/C=C\C/C=C\C/C=C\CC(=O)OCC(COC1OC(C(=O)O)C(O)C(O)C1OC(=O)CCCCCCCC/C=C\C/C=C\C/C=C\C/C=C\CC)OC(=O)CCCCCCC/C=C\C/C=C\CCCCC. The Bertz CT molecular complexity index is 1880. The Labute approximate surface area is 477 Å². The number of esters is 3. The van der Waals surface area contributed by atoms with E-state index in [0.717, 1.165) is 135 Å². The third kappa shape index (κ3) is 43.4. The van der Waals surface area contributed by atoms with Gasteiger partial charge in [0.15, 0.2) is 24.6 Å². The van der Waals surface area contributed by atoms with Crippen molar-refractivity contribution in [2.24, 2.45) is 0 Å². The van der Waals surface area contributed by atoms with Crippen molar-refractivity contribution in [3.63, 3.8) is 0 Å². The van der Waals surface area contributed by atoms with Crippen LogP contribution in [0.3, 0.4) is 0 Å². The summed E-state index contributed by atoms with van der Waals surface area (Å²) in [7, 11) is 0. The molecule has 0 aromatic heterocycles. The van der Waals surface area contributed by atoms with Gasteiger partial charge in [0, 0.05) is 12.8 Å². The van der Waals surface area contributed by atoms with E-state index in [-0.39, 0.29) is 25.9 Å². The number of aliphatic carboxylic acids is 1. The largest absolute Gasteiger partial charge is 0.479 e. The molecule has 0 aromatic rings. The van der Waals surface area contributed by atoms with Crippen molar-refractivity contribution in [2.45, 2.75) is 250 Å². The second-order valence-corrected chi connectivity index (χ2v) is 19.9. The molecule has 0 radical (unpaired) electrons. The number of aliphatic hydroxyl groups excluding tert-OH is 2. The molecule has 0 amide bonds. The van der Waals surface area contributed by atoms with Crippen molar-refractivity contribution in [3.05, 3.63) is 134 Å². The van der Waals surface area contributed by atoms with Gasteiger partial charge in [-0.05, 0) is 116 Å². The molecule has 0 spiro atoms. The summed E-state index contributed by atoms with van der Waals surface area (Å²) in [6.45, 7) is 5.62. The first-order chi connectivity index (χ1) is 38.6. The molecular formula is C67H104O12. The highest BCUT2D eigenvalue weighted by molar-refractivity contribution is 5.74. The first-order valence-electron chi connectivity index (χ1n) is 30.2. The van der Waals surface area contributed by atoms with E-state index in [1.165, 1.54) is 19.3 Å². The summed E-state index contributed by atoms with van der Waals surface area (Å²) in [5.41, 5.74) is 0. The van der Waals surface area contributed by atoms with Crippen molar-refractivity contribution in [1.82, 2.24) is 0 Å². The highest BCUT2D eigenvalue weighted by Gasteiger charge is 2.50. The van der Waals surface area contributed by atoms with Crippen LogP contribution in [0.2, 0.25) is 0 Å². The average molecular weight is 1100 g/mol. The summed E-state index contributed by atoms with van der Waals surface area (Å²) in [6, 6.07) is 0. The van der Waals surface area contributed by atoms with Crippen molar-refractivity contribution in [2.75, 3.05) is 13.2 Å². The molecule has 1 fully saturated rings. The Morgan fingerprint density at radius 2 is 0.835 bits per heavy atom. The number of ether oxygens (including phenoxy) is 5. The first-order valence-corrected chi connectivity index (χ1v) is 30.2. The summed E-state index contributed by atoms with van der Waals surface area (Å²) >= 11 is 0. The molecule has 0 saturated carbocycles. The van der Waals surface area contributed by atoms with Gasteiger partial charge in [-0.3, -0.25) is 14.4 Å². The van der Waals surface area contributed by atoms with Gasteiger partial charge in [-0.2, -0.15) is 0 Å². The number of aliphatic hydroxyl groups is 2. The molecule has 444 valence electrons. The number of hydrogen-bond donors (Lipinski definition) is 3. The number of carbonyl (C=O) groups excluding carboxylic acids is 3. The number of hydrogen-bond acceptors (Lipinski definition) is 11. The number of carboxylic acid groups (broad SMARTS) is 1. The maximum atomic E-state index is 13.1. The molecule has 1 rings (SSSR count). The first kappa shape index (κ1) is 71.9. The minimum Gasteiger partial charge on any atom is -0.479 e. The summed E-state index contributed by atoms with van der Waals surface area (Å²) < 4.78 is 28.3. The Morgan fingerprint density at radius 3 is 1.28 bits per heavy atom. The van der Waals surface area contributed by atoms with Crippen LogP contribution >= 0.6 is 0 Å². The highest BCUT2D eigenvalue weighted by atomic mass is 16.7. The number of rotatable bonds is 49. The zero-order valence-corrected chi connectivity index (χ0v) is 48.8. The van der Waals surface area contributed by atoms with Gasteiger partial charge >= 0.3 is 23.9 Å². The molecule has 1 heterocycles. The van der Waals surface area contributed by atoms with E-state index >= 15 is 0 Å². The second kappa shape index (κ2) is 53.5. The standard InChI is InChI=1S/C67H104O12/c1-4-7-10-13-16-19-22-25-28-29-30-31-34-37-40-43-46-49-52-55-61(70)78-65-63(72)62(71)64(66(73)74)79-67(65)76-57-58(77-60(69)54-51-48-45-42-39-36-33-27-24-21-18-15-12-9-6-3)56-75-59(68)53-50-47-44-41-38-35-32-26-23-20-17-14-11-8-5-2/h7-8,10-11,16-21,25-28,30-33,38,41,47,50,58,62-65,67,71-72H,4-6,9,12-15,22-24,29,34-37,39-40,42-46,48-49,51-57H2,1-3H3,(H,73,74)/b10-7-,11-8-,19-16-,20-17-,21-18-,28-25-,31-30-,32-26-,33-27-,41-38-,50-47-. The quantitative estimate of drug-likeness (QED) is 0.0228. The lowest BCUT2D eigenvalue weighted by Crippen LogP contribution is -2.61. The Hall–Kier alpha value is -5.14. The van der Waals surface area contributed by atoms with E-state index in [0.29, 0.717) is 19.3 Å². The van der Waals surface area contributed by atoms with E-state index in [9.17, 15) is 34.5 Å². The Balaban J connectivity index is 2.75. The van der Waals surface area contributed by atoms with Gasteiger partial charge < -0.3 is 39.0 Å². The van der Waals surface area contributed by atoms with Gasteiger partial charge in [0.25, 0.3) is 0 Å². The molecule has 12 nitrogen and oxygen atoms in total. The van der Waals surface area contributed by atoms with E-state index < -0.39 is 67.3 Å². The zero-order chi connectivity index (χ0) is 57.5. The molecular weight excluding hydrogens is 997 g/mol. The fourth-order valence-electron chi connectivity index (χ4n) is 8.17. The molecule has 0 aliphatic carbocycles. The van der Waals surface area contributed by atoms with Crippen LogP contribution in [0.5, 0.6) is 0 Å². The lowest BCUT2D eigenvalue weighted by molar-refractivity contribution is -0.301. The van der Waals surface area contributed by atoms with Crippen LogP contribution in [0.15, 0.2) is 134 Å². The molecule has 3 N–H and O–H groups in total. The highest BCUT2D eigenvalue weighted by Crippen LogP contribution is 2.26. The van der Waals surface area contributed by atoms with Gasteiger partial charge in [-0.15, -0.1) is 0 Å². The van der Waals surface area contributed by atoms with Gasteiger partial charge in [-0.25, -0.2) is 4.79 Å². The average Bonchev–Trinajstić information content (AvgIpc) is 3.46. The van der Waals surface area contributed by atoms with E-state index in [1.807, 2.05) is 12.2 Å². The van der Waals surface area contributed by atoms with Gasteiger partial charge in [0.05, 0.1) is 13.0 Å². The van der Waals surface area contributed by atoms with Crippen LogP contribution in [0.25, 0.3) is 0 Å². The number of allylic oxidation sites excluding steroid dienone is 21. The normalized spacial score (nSPS) is 18.8. The molecule has 12 heteroatoms. The molecule has 1 saturated heterocycles. The maximum Gasteiger partial charge on any atom is 0.335 e. The Kier molecular flexibility index (Phi) is 48.7. The summed E-state index contributed by atoms with van der Waals surface area (Å²) in [5, 5.41) is 31.5. The van der Waals surface area contributed by atoms with Crippen molar-refractivity contribution in [1.29, 1.82) is 0 Å². The minimum atomic E-state index is -1.93. The molecule has 0 aromatic carbocycles. The second-order valence-electron chi connectivity index (χ2n) is 19.9. The Morgan fingerprint density at radius 1 is 0.443 bits per heavy atom. The van der Waals surface area contributed by atoms with E-state index in [4.69, 9.17) is 23.7 Å². The number of carboxylic acids is 1. The minimum absolute atomic E-state index is 0.0260. The molecule has 79 heavy (non-hydrogen) atoms. The molecule has 1 aliphatic heterocycles. The molecule has 1 aliphatic rings. The fourth-order valence-corrected chi connectivity index (χ4v) is 8.17. The number of unbranched alkanes of at least 4 members (excludes halogenated alkanes) is 14. The maximum absolute atomic E-state index is 13.1. The van der Waals surface area contributed by atoms with Crippen molar-refractivity contribution >= 4 is 23.9 Å². The van der Waals surface area contributed by atoms with Gasteiger partial charge in [-0.1, -0.05) is 212 Å². The lowest BCUT2D eigenvalue weighted by atomic mass is 9.98. The third-order valence-corrected chi connectivity index (χ3v) is 12.7. The predicted octanol–water partition coefficient (Wildman–Crippen LogP) is 15.8. The predicted molar refractivity (Wildman–Crippen MR) is 321 cm³/mol. The van der Waals surface area contributed by atoms with E-state index in [1.54, 1.807) is 6.08 Å². The van der Waals surface area contributed by atoms with Crippen molar-refractivity contribution in [3.8, 4) is 0 Å². The number of carbonyl (C=O) groups is 4. The molecule has 0 bridgehead atoms. The zero-order valence-electron chi connectivity index (χ0n) is 48.8. The van der Waals surface area contributed by atoms with Crippen LogP contribution < -0.4 is 0 Å². The smallest absolute Gasteiger partial charge is 0.335 e. The van der Waals surface area contributed by atoms with Gasteiger partial charge in [0.1, 0.15) is 18.8 Å². The summed E-state index contributed by atoms with van der Waals surface area (Å²) in [5.74, 6) is -3.34. The monoisotopic (exact) mass is 1100 g/mol. The van der Waals surface area contributed by atoms with Crippen LogP contribution in [0.1, 0.15) is 213 Å². The van der Waals surface area contributed by atoms with Crippen LogP contribution in [-0.2, 0) is 42.9 Å². The van der Waals surface area contributed by atoms with Crippen LogP contribution in [0.4, 0.5) is 0 Å². The van der Waals surface area contributed by atoms with Crippen LogP contribution in [0, 0.1) is 0 Å².